The molecule has 3 rings (SSSR count). The minimum atomic E-state index is -0.711. The van der Waals surface area contributed by atoms with Crippen LogP contribution in [0, 0.1) is 11.8 Å². The van der Waals surface area contributed by atoms with Crippen molar-refractivity contribution in [1.29, 1.82) is 0 Å². The van der Waals surface area contributed by atoms with Gasteiger partial charge in [-0.25, -0.2) is 4.99 Å². The van der Waals surface area contributed by atoms with Crippen LogP contribution in [-0.4, -0.2) is 19.6 Å². The van der Waals surface area contributed by atoms with Crippen molar-refractivity contribution in [2.24, 2.45) is 22.6 Å². The summed E-state index contributed by atoms with van der Waals surface area (Å²) in [7, 11) is 1.84. The number of aliphatic imine (C=N–C) groups is 1. The number of allylic oxidation sites excluding steroid dienone is 6. The SMILES string of the molecule is C=C=C(NC(C(/C=C\C)=C/C=C)(c1ccccc1)c1ccccc1)/C(C)=C(/C)N=CN.C=CC.CC.CCC1CC(C)CC1OC. The molecule has 4 heteroatoms. The van der Waals surface area contributed by atoms with Gasteiger partial charge in [-0.15, -0.1) is 12.3 Å². The summed E-state index contributed by atoms with van der Waals surface area (Å²) in [4.78, 5) is 4.25. The fraction of sp³-hybridized carbons (Fsp3) is 0.381. The van der Waals surface area contributed by atoms with Gasteiger partial charge < -0.3 is 15.8 Å². The zero-order valence-corrected chi connectivity index (χ0v) is 30.1. The molecule has 0 saturated heterocycles. The molecule has 3 atom stereocenters. The van der Waals surface area contributed by atoms with E-state index < -0.39 is 5.54 Å². The van der Waals surface area contributed by atoms with E-state index in [-0.39, 0.29) is 0 Å². The monoisotopic (exact) mass is 623 g/mol. The maximum absolute atomic E-state index is 5.52. The van der Waals surface area contributed by atoms with Crippen LogP contribution in [0.5, 0.6) is 0 Å². The first-order valence-corrected chi connectivity index (χ1v) is 16.5. The van der Waals surface area contributed by atoms with E-state index in [9.17, 15) is 0 Å². The Morgan fingerprint density at radius 3 is 1.91 bits per heavy atom. The van der Waals surface area contributed by atoms with Crippen LogP contribution in [0.1, 0.15) is 85.8 Å². The van der Waals surface area contributed by atoms with Crippen molar-refractivity contribution in [1.82, 2.24) is 5.32 Å². The number of methoxy groups -OCH3 is 1. The van der Waals surface area contributed by atoms with E-state index in [1.807, 2.05) is 103 Å². The number of benzene rings is 2. The Hall–Kier alpha value is -4.11. The third kappa shape index (κ3) is 12.4. The van der Waals surface area contributed by atoms with Crippen LogP contribution in [0.25, 0.3) is 0 Å². The summed E-state index contributed by atoms with van der Waals surface area (Å²) in [6.45, 7) is 27.6. The first-order chi connectivity index (χ1) is 22.2. The summed E-state index contributed by atoms with van der Waals surface area (Å²) in [5.74, 6) is 1.72. The molecule has 1 fully saturated rings. The van der Waals surface area contributed by atoms with E-state index in [1.165, 1.54) is 25.6 Å². The smallest absolute Gasteiger partial charge is 0.114 e. The summed E-state index contributed by atoms with van der Waals surface area (Å²) in [6.07, 6.45) is 15.5. The lowest BCUT2D eigenvalue weighted by Gasteiger charge is -2.39. The predicted molar refractivity (Wildman–Crippen MR) is 204 cm³/mol. The predicted octanol–water partition coefficient (Wildman–Crippen LogP) is 10.8. The fourth-order valence-electron chi connectivity index (χ4n) is 5.62. The van der Waals surface area contributed by atoms with E-state index in [1.54, 1.807) is 6.08 Å². The second kappa shape index (κ2) is 24.2. The zero-order valence-electron chi connectivity index (χ0n) is 30.1. The molecule has 0 spiro atoms. The highest BCUT2D eigenvalue weighted by atomic mass is 16.5. The van der Waals surface area contributed by atoms with Crippen LogP contribution < -0.4 is 11.1 Å². The first kappa shape index (κ1) is 41.9. The fourth-order valence-corrected chi connectivity index (χ4v) is 5.62. The molecule has 4 nitrogen and oxygen atoms in total. The van der Waals surface area contributed by atoms with Crippen LogP contribution >= 0.6 is 0 Å². The molecule has 46 heavy (non-hydrogen) atoms. The highest BCUT2D eigenvalue weighted by Crippen LogP contribution is 2.39. The summed E-state index contributed by atoms with van der Waals surface area (Å²) in [5.41, 5.74) is 13.5. The molecule has 1 aliphatic rings. The molecule has 2 aromatic carbocycles. The van der Waals surface area contributed by atoms with Crippen LogP contribution in [0.4, 0.5) is 0 Å². The molecular weight excluding hydrogens is 562 g/mol. The molecule has 0 radical (unpaired) electrons. The number of nitrogens with two attached hydrogens (primary N) is 1. The summed E-state index contributed by atoms with van der Waals surface area (Å²) in [6, 6.07) is 20.7. The zero-order chi connectivity index (χ0) is 35.0. The number of hydrogen-bond donors (Lipinski definition) is 2. The first-order valence-electron chi connectivity index (χ1n) is 16.5. The number of rotatable bonds is 11. The van der Waals surface area contributed by atoms with Gasteiger partial charge in [-0.05, 0) is 69.1 Å². The van der Waals surface area contributed by atoms with Crippen molar-refractivity contribution in [3.05, 3.63) is 150 Å². The number of nitrogens with zero attached hydrogens (tertiary/aromatic N) is 1. The van der Waals surface area contributed by atoms with Crippen molar-refractivity contribution in [2.45, 2.75) is 86.3 Å². The summed E-state index contributed by atoms with van der Waals surface area (Å²) < 4.78 is 5.39. The molecule has 250 valence electrons. The van der Waals surface area contributed by atoms with E-state index in [4.69, 9.17) is 10.5 Å². The average Bonchev–Trinajstić information content (AvgIpc) is 3.47. The van der Waals surface area contributed by atoms with Gasteiger partial charge in [0.15, 0.2) is 0 Å². The van der Waals surface area contributed by atoms with Crippen LogP contribution in [-0.2, 0) is 10.3 Å². The molecule has 3 unspecified atom stereocenters. The van der Waals surface area contributed by atoms with Gasteiger partial charge in [-0.3, -0.25) is 0 Å². The van der Waals surface area contributed by atoms with E-state index in [2.05, 4.69) is 80.0 Å². The highest BCUT2D eigenvalue weighted by Gasteiger charge is 2.38. The minimum absolute atomic E-state index is 0.556. The Labute approximate surface area is 282 Å². The maximum Gasteiger partial charge on any atom is 0.114 e. The van der Waals surface area contributed by atoms with Crippen LogP contribution in [0.15, 0.2) is 144 Å². The van der Waals surface area contributed by atoms with Gasteiger partial charge in [0.2, 0.25) is 0 Å². The average molecular weight is 624 g/mol. The van der Waals surface area contributed by atoms with Gasteiger partial charge >= 0.3 is 0 Å². The van der Waals surface area contributed by atoms with Crippen LogP contribution in [0.2, 0.25) is 0 Å². The molecular formula is C42H61N3O. The lowest BCUT2D eigenvalue weighted by molar-refractivity contribution is 0.0687. The second-order valence-electron chi connectivity index (χ2n) is 10.9. The van der Waals surface area contributed by atoms with Crippen molar-refractivity contribution in [2.75, 3.05) is 7.11 Å². The topological polar surface area (TPSA) is 59.6 Å². The van der Waals surface area contributed by atoms with E-state index in [0.717, 1.165) is 45.5 Å². The molecule has 0 amide bonds. The molecule has 1 aliphatic carbocycles. The highest BCUT2D eigenvalue weighted by molar-refractivity contribution is 5.56. The Bertz CT molecular complexity index is 1260. The van der Waals surface area contributed by atoms with Gasteiger partial charge in [0.1, 0.15) is 5.54 Å². The normalized spacial score (nSPS) is 18.0. The molecule has 1 saturated carbocycles. The van der Waals surface area contributed by atoms with Crippen molar-refractivity contribution >= 4 is 6.34 Å². The third-order valence-corrected chi connectivity index (χ3v) is 7.86. The summed E-state index contributed by atoms with van der Waals surface area (Å²) in [5, 5.41) is 3.76. The second-order valence-corrected chi connectivity index (χ2v) is 10.9. The number of hydrogen-bond acceptors (Lipinski definition) is 3. The molecule has 0 aromatic heterocycles. The number of ether oxygens (including phenoxy) is 1. The standard InChI is InChI=1S/C28H31N3.C9H18O.C3H6.C2H6/c1-6-15-24(16-7-2)28(25-17-11-9-12-18-25,26-19-13-10-14-20-26)31-27(8-3)22(4)23(5)30-21-29;1-4-8-5-7(2)6-9(8)10-3;1-3-2;1-2/h6-7,9-21,31H,1,3H2,2,4-5H3,(H2,29,30);7-9H,4-6H2,1-3H3;3H,1H2,2H3;1-2H3/b16-7-,23-22-,24-15+;;;. The van der Waals surface area contributed by atoms with Crippen molar-refractivity contribution in [3.63, 3.8) is 0 Å². The molecule has 0 aliphatic heterocycles. The van der Waals surface area contributed by atoms with Gasteiger partial charge in [-0.2, -0.15) is 0 Å². The van der Waals surface area contributed by atoms with Gasteiger partial charge in [-0.1, -0.05) is 138 Å². The number of nitrogens with one attached hydrogen (secondary N) is 1. The molecule has 0 heterocycles. The van der Waals surface area contributed by atoms with Crippen molar-refractivity contribution in [3.8, 4) is 0 Å². The lowest BCUT2D eigenvalue weighted by atomic mass is 9.75. The minimum Gasteiger partial charge on any atom is -0.390 e. The largest absolute Gasteiger partial charge is 0.390 e. The van der Waals surface area contributed by atoms with Gasteiger partial charge in [0.25, 0.3) is 0 Å². The molecule has 3 N–H and O–H groups in total. The maximum atomic E-state index is 5.52. The van der Waals surface area contributed by atoms with Gasteiger partial charge in [0.05, 0.1) is 18.1 Å². The Morgan fingerprint density at radius 2 is 1.54 bits per heavy atom. The Balaban J connectivity index is 0.00000112. The van der Waals surface area contributed by atoms with Crippen LogP contribution in [0.3, 0.4) is 0 Å². The Kier molecular flexibility index (Phi) is 22.0. The molecule has 2 aromatic rings. The van der Waals surface area contributed by atoms with E-state index in [0.29, 0.717) is 6.10 Å². The van der Waals surface area contributed by atoms with Crippen molar-refractivity contribution < 1.29 is 4.74 Å². The van der Waals surface area contributed by atoms with Gasteiger partial charge in [0, 0.05) is 18.4 Å². The summed E-state index contributed by atoms with van der Waals surface area (Å²) >= 11 is 0. The Morgan fingerprint density at radius 1 is 1.02 bits per heavy atom. The quantitative estimate of drug-likeness (QED) is 0.0861. The van der Waals surface area contributed by atoms with E-state index >= 15 is 0 Å². The third-order valence-electron chi connectivity index (χ3n) is 7.86. The molecule has 0 bridgehead atoms. The lowest BCUT2D eigenvalue weighted by Crippen LogP contribution is -2.44.